The Balaban J connectivity index is 1.55. The number of nitrogens with one attached hydrogen (secondary N) is 1. The van der Waals surface area contributed by atoms with Crippen LogP contribution in [-0.4, -0.2) is 49.2 Å². The van der Waals surface area contributed by atoms with E-state index >= 15 is 0 Å². The number of rotatable bonds is 3. The molecule has 3 rings (SSSR count). The van der Waals surface area contributed by atoms with Crippen molar-refractivity contribution in [1.82, 2.24) is 15.4 Å². The van der Waals surface area contributed by atoms with Crippen molar-refractivity contribution in [2.45, 2.75) is 13.5 Å². The molecular formula is C17H22FN5O. The number of halogens is 1. The van der Waals surface area contributed by atoms with Gasteiger partial charge in [0.15, 0.2) is 11.7 Å². The number of aliphatic imine (C=N–C) groups is 1. The minimum Gasteiger partial charge on any atom is -0.366 e. The van der Waals surface area contributed by atoms with Gasteiger partial charge in [-0.25, -0.2) is 4.39 Å². The third kappa shape index (κ3) is 3.67. The maximum atomic E-state index is 13.9. The lowest BCUT2D eigenvalue weighted by Gasteiger charge is -2.37. The fourth-order valence-corrected chi connectivity index (χ4v) is 2.87. The van der Waals surface area contributed by atoms with Gasteiger partial charge < -0.3 is 19.6 Å². The standard InChI is InChI=1S/C17H22FN5O/c1-13-11-14(24-21-13)12-20-17(19-2)23-9-7-22(8-10-23)16-6-4-3-5-15(16)18/h3-6,11H,7-10,12H2,1-2H3,(H,19,20). The van der Waals surface area contributed by atoms with Crippen LogP contribution in [0.1, 0.15) is 11.5 Å². The lowest BCUT2D eigenvalue weighted by molar-refractivity contribution is 0.356. The van der Waals surface area contributed by atoms with E-state index < -0.39 is 0 Å². The molecule has 1 fully saturated rings. The van der Waals surface area contributed by atoms with Crippen LogP contribution >= 0.6 is 0 Å². The van der Waals surface area contributed by atoms with Crippen LogP contribution in [0.2, 0.25) is 0 Å². The number of benzene rings is 1. The van der Waals surface area contributed by atoms with Crippen molar-refractivity contribution in [2.75, 3.05) is 38.1 Å². The predicted molar refractivity (Wildman–Crippen MR) is 91.6 cm³/mol. The van der Waals surface area contributed by atoms with E-state index in [-0.39, 0.29) is 5.82 Å². The van der Waals surface area contributed by atoms with E-state index in [2.05, 4.69) is 25.3 Å². The van der Waals surface area contributed by atoms with Gasteiger partial charge in [0.2, 0.25) is 0 Å². The molecule has 7 heteroatoms. The number of nitrogens with zero attached hydrogens (tertiary/aromatic N) is 4. The van der Waals surface area contributed by atoms with E-state index in [4.69, 9.17) is 4.52 Å². The lowest BCUT2D eigenvalue weighted by Crippen LogP contribution is -2.52. The number of hydrogen-bond acceptors (Lipinski definition) is 4. The number of aryl methyl sites for hydroxylation is 1. The number of guanidine groups is 1. The molecule has 0 spiro atoms. The van der Waals surface area contributed by atoms with E-state index in [1.54, 1.807) is 13.1 Å². The molecule has 0 unspecified atom stereocenters. The SMILES string of the molecule is CN=C(NCc1cc(C)no1)N1CCN(c2ccccc2F)CC1. The zero-order valence-corrected chi connectivity index (χ0v) is 14.0. The summed E-state index contributed by atoms with van der Waals surface area (Å²) in [6.07, 6.45) is 0. The molecule has 0 saturated carbocycles. The van der Waals surface area contributed by atoms with Crippen LogP contribution in [0.25, 0.3) is 0 Å². The molecule has 1 aromatic carbocycles. The Morgan fingerprint density at radius 3 is 2.67 bits per heavy atom. The number of piperazine rings is 1. The third-order valence-corrected chi connectivity index (χ3v) is 4.08. The van der Waals surface area contributed by atoms with E-state index in [0.29, 0.717) is 12.2 Å². The summed E-state index contributed by atoms with van der Waals surface area (Å²) in [5.74, 6) is 1.42. The quantitative estimate of drug-likeness (QED) is 0.689. The van der Waals surface area contributed by atoms with Gasteiger partial charge >= 0.3 is 0 Å². The van der Waals surface area contributed by atoms with Crippen molar-refractivity contribution in [2.24, 2.45) is 4.99 Å². The first-order valence-electron chi connectivity index (χ1n) is 8.04. The molecule has 1 saturated heterocycles. The number of aromatic nitrogens is 1. The molecule has 128 valence electrons. The number of hydrogen-bond donors (Lipinski definition) is 1. The summed E-state index contributed by atoms with van der Waals surface area (Å²) in [6.45, 7) is 5.50. The van der Waals surface area contributed by atoms with Crippen molar-refractivity contribution >= 4 is 11.6 Å². The Kier molecular flexibility index (Phi) is 4.98. The molecule has 6 nitrogen and oxygen atoms in total. The molecule has 24 heavy (non-hydrogen) atoms. The normalized spacial score (nSPS) is 15.7. The van der Waals surface area contributed by atoms with Crippen LogP contribution in [0, 0.1) is 12.7 Å². The van der Waals surface area contributed by atoms with Gasteiger partial charge in [-0.2, -0.15) is 0 Å². The monoisotopic (exact) mass is 331 g/mol. The van der Waals surface area contributed by atoms with E-state index in [0.717, 1.165) is 43.6 Å². The van der Waals surface area contributed by atoms with E-state index in [9.17, 15) is 4.39 Å². The minimum atomic E-state index is -0.172. The molecule has 0 aliphatic carbocycles. The summed E-state index contributed by atoms with van der Waals surface area (Å²) < 4.78 is 19.1. The summed E-state index contributed by atoms with van der Waals surface area (Å²) in [5, 5.41) is 7.16. The second-order valence-electron chi connectivity index (χ2n) is 5.76. The van der Waals surface area contributed by atoms with E-state index in [1.165, 1.54) is 6.07 Å². The van der Waals surface area contributed by atoms with Crippen LogP contribution in [0.15, 0.2) is 39.8 Å². The Bertz CT molecular complexity index is 707. The topological polar surface area (TPSA) is 56.9 Å². The first-order chi connectivity index (χ1) is 11.7. The largest absolute Gasteiger partial charge is 0.366 e. The predicted octanol–water partition coefficient (Wildman–Crippen LogP) is 2.02. The highest BCUT2D eigenvalue weighted by atomic mass is 19.1. The molecule has 1 N–H and O–H groups in total. The molecule has 0 bridgehead atoms. The van der Waals surface area contributed by atoms with Crippen molar-refractivity contribution in [3.8, 4) is 0 Å². The smallest absolute Gasteiger partial charge is 0.194 e. The van der Waals surface area contributed by atoms with Gasteiger partial charge in [0.25, 0.3) is 0 Å². The first-order valence-corrected chi connectivity index (χ1v) is 8.04. The number of para-hydroxylation sites is 1. The van der Waals surface area contributed by atoms with Crippen LogP contribution < -0.4 is 10.2 Å². The van der Waals surface area contributed by atoms with Crippen LogP contribution in [0.3, 0.4) is 0 Å². The Hall–Kier alpha value is -2.57. The lowest BCUT2D eigenvalue weighted by atomic mass is 10.2. The summed E-state index contributed by atoms with van der Waals surface area (Å²) in [5.41, 5.74) is 1.53. The minimum absolute atomic E-state index is 0.172. The molecule has 1 aliphatic heterocycles. The summed E-state index contributed by atoms with van der Waals surface area (Å²) in [4.78, 5) is 8.56. The van der Waals surface area contributed by atoms with Gasteiger partial charge in [-0.05, 0) is 19.1 Å². The Morgan fingerprint density at radius 2 is 2.04 bits per heavy atom. The van der Waals surface area contributed by atoms with Crippen molar-refractivity contribution in [1.29, 1.82) is 0 Å². The van der Waals surface area contributed by atoms with Gasteiger partial charge in [-0.3, -0.25) is 4.99 Å². The Labute approximate surface area is 140 Å². The second-order valence-corrected chi connectivity index (χ2v) is 5.76. The molecule has 0 radical (unpaired) electrons. The van der Waals surface area contributed by atoms with Gasteiger partial charge in [0, 0.05) is 39.3 Å². The van der Waals surface area contributed by atoms with Crippen LogP contribution in [0.5, 0.6) is 0 Å². The van der Waals surface area contributed by atoms with Gasteiger partial charge in [-0.15, -0.1) is 0 Å². The van der Waals surface area contributed by atoms with Crippen LogP contribution in [-0.2, 0) is 6.54 Å². The summed E-state index contributed by atoms with van der Waals surface area (Å²) in [6, 6.07) is 8.80. The van der Waals surface area contributed by atoms with Gasteiger partial charge in [0.05, 0.1) is 17.9 Å². The average molecular weight is 331 g/mol. The molecule has 1 aromatic heterocycles. The van der Waals surface area contributed by atoms with Gasteiger partial charge in [0.1, 0.15) is 5.82 Å². The zero-order chi connectivity index (χ0) is 16.9. The first kappa shape index (κ1) is 16.3. The van der Waals surface area contributed by atoms with Crippen molar-refractivity contribution in [3.63, 3.8) is 0 Å². The molecule has 2 aromatic rings. The summed E-state index contributed by atoms with van der Waals surface area (Å²) >= 11 is 0. The highest BCUT2D eigenvalue weighted by Crippen LogP contribution is 2.20. The zero-order valence-electron chi connectivity index (χ0n) is 14.0. The van der Waals surface area contributed by atoms with E-state index in [1.807, 2.05) is 25.1 Å². The molecule has 0 amide bonds. The highest BCUT2D eigenvalue weighted by Gasteiger charge is 2.21. The fourth-order valence-electron chi connectivity index (χ4n) is 2.87. The maximum absolute atomic E-state index is 13.9. The number of anilines is 1. The van der Waals surface area contributed by atoms with Crippen molar-refractivity contribution in [3.05, 3.63) is 47.6 Å². The van der Waals surface area contributed by atoms with Gasteiger partial charge in [-0.1, -0.05) is 17.3 Å². The summed E-state index contributed by atoms with van der Waals surface area (Å²) in [7, 11) is 1.76. The fraction of sp³-hybridized carbons (Fsp3) is 0.412. The van der Waals surface area contributed by atoms with Crippen LogP contribution in [0.4, 0.5) is 10.1 Å². The third-order valence-electron chi connectivity index (χ3n) is 4.08. The average Bonchev–Trinajstić information content (AvgIpc) is 3.02. The van der Waals surface area contributed by atoms with Crippen molar-refractivity contribution < 1.29 is 8.91 Å². The molecule has 0 atom stereocenters. The Morgan fingerprint density at radius 1 is 1.29 bits per heavy atom. The molecular weight excluding hydrogens is 309 g/mol. The second kappa shape index (κ2) is 7.33. The maximum Gasteiger partial charge on any atom is 0.194 e. The molecule has 2 heterocycles. The highest BCUT2D eigenvalue weighted by molar-refractivity contribution is 5.80. The molecule has 1 aliphatic rings.